The second-order valence-corrected chi connectivity index (χ2v) is 4.99. The van der Waals surface area contributed by atoms with Crippen molar-refractivity contribution in [1.82, 2.24) is 4.90 Å². The van der Waals surface area contributed by atoms with Crippen molar-refractivity contribution in [2.75, 3.05) is 19.7 Å². The van der Waals surface area contributed by atoms with Crippen LogP contribution in [0.1, 0.15) is 10.4 Å². The second kappa shape index (κ2) is 5.81. The number of morpholine rings is 1. The molecule has 1 unspecified atom stereocenters. The molecule has 0 radical (unpaired) electrons. The van der Waals surface area contributed by atoms with Gasteiger partial charge in [0.1, 0.15) is 11.1 Å². The first-order valence-electron chi connectivity index (χ1n) is 5.65. The number of halogens is 2. The molecule has 1 aliphatic rings. The van der Waals surface area contributed by atoms with Crippen molar-refractivity contribution < 1.29 is 13.9 Å². The van der Waals surface area contributed by atoms with Gasteiger partial charge in [0.25, 0.3) is 5.91 Å². The molecule has 0 aliphatic carbocycles. The quantitative estimate of drug-likeness (QED) is 0.843. The van der Waals surface area contributed by atoms with Gasteiger partial charge in [-0.1, -0.05) is 29.9 Å². The van der Waals surface area contributed by atoms with Gasteiger partial charge in [0, 0.05) is 6.54 Å². The van der Waals surface area contributed by atoms with Gasteiger partial charge in [0.15, 0.2) is 5.82 Å². The van der Waals surface area contributed by atoms with Crippen LogP contribution >= 0.6 is 23.8 Å². The van der Waals surface area contributed by atoms with E-state index in [0.717, 1.165) is 0 Å². The van der Waals surface area contributed by atoms with E-state index < -0.39 is 17.8 Å². The number of carbonyl (C=O) groups is 1. The van der Waals surface area contributed by atoms with Gasteiger partial charge >= 0.3 is 0 Å². The van der Waals surface area contributed by atoms with Gasteiger partial charge in [0.05, 0.1) is 23.7 Å². The van der Waals surface area contributed by atoms with Crippen molar-refractivity contribution >= 4 is 34.7 Å². The number of thiocarbonyl (C=S) groups is 1. The molecule has 2 rings (SSSR count). The molecule has 2 N–H and O–H groups in total. The highest BCUT2D eigenvalue weighted by Crippen LogP contribution is 2.20. The number of hydrogen-bond acceptors (Lipinski definition) is 3. The lowest BCUT2D eigenvalue weighted by Crippen LogP contribution is -2.50. The topological polar surface area (TPSA) is 55.6 Å². The third-order valence-corrected chi connectivity index (χ3v) is 3.41. The van der Waals surface area contributed by atoms with Crippen molar-refractivity contribution in [2.24, 2.45) is 5.73 Å². The molecule has 1 aromatic carbocycles. The summed E-state index contributed by atoms with van der Waals surface area (Å²) >= 11 is 10.5. The number of benzene rings is 1. The minimum absolute atomic E-state index is 0.0592. The molecule has 0 spiro atoms. The Morgan fingerprint density at radius 1 is 1.58 bits per heavy atom. The fourth-order valence-electron chi connectivity index (χ4n) is 1.85. The van der Waals surface area contributed by atoms with Crippen LogP contribution in [0.15, 0.2) is 18.2 Å². The van der Waals surface area contributed by atoms with Crippen molar-refractivity contribution in [2.45, 2.75) is 6.10 Å². The molecule has 19 heavy (non-hydrogen) atoms. The van der Waals surface area contributed by atoms with E-state index in [4.69, 9.17) is 34.3 Å². The van der Waals surface area contributed by atoms with E-state index in [9.17, 15) is 9.18 Å². The van der Waals surface area contributed by atoms with E-state index in [1.807, 2.05) is 0 Å². The van der Waals surface area contributed by atoms with Gasteiger partial charge in [-0.15, -0.1) is 0 Å². The summed E-state index contributed by atoms with van der Waals surface area (Å²) in [7, 11) is 0. The molecule has 1 fully saturated rings. The fraction of sp³-hybridized carbons (Fsp3) is 0.333. The number of nitrogens with two attached hydrogens (primary N) is 1. The highest BCUT2D eigenvalue weighted by molar-refractivity contribution is 7.80. The third-order valence-electron chi connectivity index (χ3n) is 2.85. The average molecular weight is 303 g/mol. The summed E-state index contributed by atoms with van der Waals surface area (Å²) in [6.07, 6.45) is -0.491. The van der Waals surface area contributed by atoms with Gasteiger partial charge in [-0.25, -0.2) is 4.39 Å². The zero-order valence-electron chi connectivity index (χ0n) is 9.94. The molecule has 1 heterocycles. The molecular formula is C12H12ClFN2O2S. The Labute approximate surface area is 120 Å². The third kappa shape index (κ3) is 3.02. The van der Waals surface area contributed by atoms with E-state index >= 15 is 0 Å². The first-order valence-corrected chi connectivity index (χ1v) is 6.43. The lowest BCUT2D eigenvalue weighted by atomic mass is 10.1. The lowest BCUT2D eigenvalue weighted by molar-refractivity contribution is 0.00856. The standard InChI is InChI=1S/C12H12ClFN2O2S/c13-8-3-1-2-7(10(8)14)12(17)16-4-5-18-9(6-16)11(15)19/h1-3,9H,4-6H2,(H2,15,19). The summed E-state index contributed by atoms with van der Waals surface area (Å²) in [6, 6.07) is 4.32. The van der Waals surface area contributed by atoms with E-state index in [-0.39, 0.29) is 22.1 Å². The number of nitrogens with zero attached hydrogens (tertiary/aromatic N) is 1. The van der Waals surface area contributed by atoms with E-state index in [1.54, 1.807) is 0 Å². The smallest absolute Gasteiger partial charge is 0.257 e. The van der Waals surface area contributed by atoms with Gasteiger partial charge in [-0.3, -0.25) is 4.79 Å². The van der Waals surface area contributed by atoms with E-state index in [1.165, 1.54) is 23.1 Å². The summed E-state index contributed by atoms with van der Waals surface area (Å²) < 4.78 is 19.1. The monoisotopic (exact) mass is 302 g/mol. The van der Waals surface area contributed by atoms with Crippen LogP contribution in [0.25, 0.3) is 0 Å². The number of ether oxygens (including phenoxy) is 1. The van der Waals surface area contributed by atoms with Crippen molar-refractivity contribution in [1.29, 1.82) is 0 Å². The van der Waals surface area contributed by atoms with E-state index in [0.29, 0.717) is 13.2 Å². The normalized spacial score (nSPS) is 19.3. The molecule has 0 saturated carbocycles. The first kappa shape index (κ1) is 14.2. The van der Waals surface area contributed by atoms with E-state index in [2.05, 4.69) is 0 Å². The second-order valence-electron chi connectivity index (χ2n) is 4.11. The number of rotatable bonds is 2. The molecule has 1 aliphatic heterocycles. The van der Waals surface area contributed by atoms with Crippen molar-refractivity contribution in [3.8, 4) is 0 Å². The van der Waals surface area contributed by atoms with Crippen LogP contribution in [0.4, 0.5) is 4.39 Å². The van der Waals surface area contributed by atoms with Crippen LogP contribution in [0.2, 0.25) is 5.02 Å². The summed E-state index contributed by atoms with van der Waals surface area (Å²) in [4.78, 5) is 13.9. The maximum Gasteiger partial charge on any atom is 0.257 e. The predicted molar refractivity (Wildman–Crippen MR) is 73.8 cm³/mol. The summed E-state index contributed by atoms with van der Waals surface area (Å²) in [5.74, 6) is -1.16. The Morgan fingerprint density at radius 3 is 3.00 bits per heavy atom. The summed E-state index contributed by atoms with van der Waals surface area (Å²) in [6.45, 7) is 0.903. The van der Waals surface area contributed by atoms with Crippen LogP contribution in [-0.4, -0.2) is 41.6 Å². The molecule has 0 aromatic heterocycles. The zero-order chi connectivity index (χ0) is 14.0. The zero-order valence-corrected chi connectivity index (χ0v) is 11.5. The van der Waals surface area contributed by atoms with Crippen LogP contribution < -0.4 is 5.73 Å². The summed E-state index contributed by atoms with van der Waals surface area (Å²) in [5, 5.41) is -0.0787. The maximum atomic E-state index is 13.8. The molecule has 7 heteroatoms. The molecular weight excluding hydrogens is 291 g/mol. The van der Waals surface area contributed by atoms with Crippen LogP contribution in [0, 0.1) is 5.82 Å². The Kier molecular flexibility index (Phi) is 4.34. The number of amides is 1. The van der Waals surface area contributed by atoms with Gasteiger partial charge < -0.3 is 15.4 Å². The Bertz CT molecular complexity index is 526. The van der Waals surface area contributed by atoms with Gasteiger partial charge in [0.2, 0.25) is 0 Å². The molecule has 1 saturated heterocycles. The Morgan fingerprint density at radius 2 is 2.32 bits per heavy atom. The van der Waals surface area contributed by atoms with Crippen molar-refractivity contribution in [3.05, 3.63) is 34.6 Å². The largest absolute Gasteiger partial charge is 0.391 e. The molecule has 4 nitrogen and oxygen atoms in total. The van der Waals surface area contributed by atoms with Crippen molar-refractivity contribution in [3.63, 3.8) is 0 Å². The van der Waals surface area contributed by atoms with Crippen LogP contribution in [-0.2, 0) is 4.74 Å². The number of hydrogen-bond donors (Lipinski definition) is 1. The highest BCUT2D eigenvalue weighted by atomic mass is 35.5. The Balaban J connectivity index is 2.19. The first-order chi connectivity index (χ1) is 9.00. The molecule has 102 valence electrons. The molecule has 1 aromatic rings. The minimum Gasteiger partial charge on any atom is -0.391 e. The summed E-state index contributed by atoms with van der Waals surface area (Å²) in [5.41, 5.74) is 5.44. The fourth-order valence-corrected chi connectivity index (χ4v) is 2.16. The SMILES string of the molecule is NC(=S)C1CN(C(=O)c2cccc(Cl)c2F)CCO1. The highest BCUT2D eigenvalue weighted by Gasteiger charge is 2.28. The Hall–Kier alpha value is -1.24. The average Bonchev–Trinajstić information content (AvgIpc) is 2.41. The van der Waals surface area contributed by atoms with Gasteiger partial charge in [-0.05, 0) is 12.1 Å². The van der Waals surface area contributed by atoms with Gasteiger partial charge in [-0.2, -0.15) is 0 Å². The van der Waals surface area contributed by atoms with Crippen LogP contribution in [0.5, 0.6) is 0 Å². The van der Waals surface area contributed by atoms with Crippen LogP contribution in [0.3, 0.4) is 0 Å². The minimum atomic E-state index is -0.715. The molecule has 1 amide bonds. The molecule has 1 atom stereocenters. The lowest BCUT2D eigenvalue weighted by Gasteiger charge is -2.32. The maximum absolute atomic E-state index is 13.8. The predicted octanol–water partition coefficient (Wildman–Crippen LogP) is 1.61. The number of carbonyl (C=O) groups excluding carboxylic acids is 1. The molecule has 0 bridgehead atoms.